The van der Waals surface area contributed by atoms with E-state index in [9.17, 15) is 17.6 Å². The molecule has 0 saturated carbocycles. The van der Waals surface area contributed by atoms with Gasteiger partial charge < -0.3 is 10.1 Å². The highest BCUT2D eigenvalue weighted by atomic mass is 79.9. The molecule has 0 aromatic heterocycles. The lowest BCUT2D eigenvalue weighted by Crippen LogP contribution is -2.30. The molecule has 1 N–H and O–H groups in total. The number of rotatable bonds is 8. The average Bonchev–Trinajstić information content (AvgIpc) is 2.63. The van der Waals surface area contributed by atoms with E-state index < -0.39 is 28.4 Å². The van der Waals surface area contributed by atoms with Gasteiger partial charge in [-0.25, -0.2) is 12.8 Å². The maximum atomic E-state index is 13.8. The molecule has 0 fully saturated rings. The first-order valence-corrected chi connectivity index (χ1v) is 10.9. The Hall–Kier alpha value is -1.97. The number of hydrogen-bond donors (Lipinski definition) is 1. The highest BCUT2D eigenvalue weighted by Crippen LogP contribution is 2.24. The van der Waals surface area contributed by atoms with Crippen LogP contribution in [0.5, 0.6) is 5.75 Å². The van der Waals surface area contributed by atoms with E-state index in [2.05, 4.69) is 21.2 Å². The number of carbonyl (C=O) groups is 1. The van der Waals surface area contributed by atoms with Crippen LogP contribution in [0.2, 0.25) is 0 Å². The lowest BCUT2D eigenvalue weighted by molar-refractivity contribution is -0.118. The lowest BCUT2D eigenvalue weighted by Gasteiger charge is -2.19. The number of nitrogens with one attached hydrogen (secondary N) is 1. The Morgan fingerprint density at radius 3 is 2.46 bits per heavy atom. The number of nitrogens with zero attached hydrogens (tertiary/aromatic N) is 1. The number of carbonyl (C=O) groups excluding carboxylic acids is 1. The van der Waals surface area contributed by atoms with E-state index in [0.29, 0.717) is 28.8 Å². The van der Waals surface area contributed by atoms with Gasteiger partial charge in [0.05, 0.1) is 4.90 Å². The predicted octanol–water partition coefficient (Wildman–Crippen LogP) is 3.94. The molecule has 0 saturated heterocycles. The van der Waals surface area contributed by atoms with Crippen LogP contribution >= 0.6 is 15.9 Å². The van der Waals surface area contributed by atoms with Gasteiger partial charge in [-0.2, -0.15) is 4.31 Å². The Balaban J connectivity index is 2.14. The predicted molar refractivity (Wildman–Crippen MR) is 110 cm³/mol. The van der Waals surface area contributed by atoms with Gasteiger partial charge in [-0.15, -0.1) is 0 Å². The van der Waals surface area contributed by atoms with E-state index in [1.165, 1.54) is 28.6 Å². The average molecular weight is 473 g/mol. The van der Waals surface area contributed by atoms with Crippen molar-refractivity contribution in [1.82, 2.24) is 4.31 Å². The van der Waals surface area contributed by atoms with Crippen LogP contribution in [0.4, 0.5) is 10.1 Å². The van der Waals surface area contributed by atoms with Crippen molar-refractivity contribution < 1.29 is 22.3 Å². The van der Waals surface area contributed by atoms with Crippen LogP contribution in [0.25, 0.3) is 0 Å². The summed E-state index contributed by atoms with van der Waals surface area (Å²) in [6, 6.07) is 8.80. The van der Waals surface area contributed by atoms with Crippen molar-refractivity contribution in [3.8, 4) is 5.75 Å². The summed E-state index contributed by atoms with van der Waals surface area (Å²) in [5.74, 6) is -1.17. The van der Waals surface area contributed by atoms with Crippen LogP contribution in [0.3, 0.4) is 0 Å². The Kier molecular flexibility index (Phi) is 7.56. The van der Waals surface area contributed by atoms with E-state index in [1.54, 1.807) is 32.9 Å². The largest absolute Gasteiger partial charge is 0.481 e. The molecule has 2 aromatic rings. The fourth-order valence-electron chi connectivity index (χ4n) is 2.53. The lowest BCUT2D eigenvalue weighted by atomic mass is 10.2. The van der Waals surface area contributed by atoms with Gasteiger partial charge in [0.25, 0.3) is 5.91 Å². The monoisotopic (exact) mass is 472 g/mol. The molecule has 0 bridgehead atoms. The molecular weight excluding hydrogens is 451 g/mol. The first kappa shape index (κ1) is 22.3. The van der Waals surface area contributed by atoms with Crippen LogP contribution in [-0.2, 0) is 14.8 Å². The zero-order valence-corrected chi connectivity index (χ0v) is 18.2. The van der Waals surface area contributed by atoms with Crippen molar-refractivity contribution in [1.29, 1.82) is 0 Å². The molecule has 0 aliphatic carbocycles. The molecule has 6 nitrogen and oxygen atoms in total. The molecule has 28 heavy (non-hydrogen) atoms. The van der Waals surface area contributed by atoms with Gasteiger partial charge in [0.2, 0.25) is 10.0 Å². The van der Waals surface area contributed by atoms with E-state index in [0.717, 1.165) is 0 Å². The second-order valence-corrected chi connectivity index (χ2v) is 8.83. The SMILES string of the molecule is CCN(CC)S(=O)(=O)c1ccc(C)c(NC(=O)COc2ccc(Br)cc2F)c1. The number of hydrogen-bond acceptors (Lipinski definition) is 4. The maximum Gasteiger partial charge on any atom is 0.262 e. The van der Waals surface area contributed by atoms with Gasteiger partial charge in [0.15, 0.2) is 18.2 Å². The molecule has 0 aliphatic heterocycles. The fraction of sp³-hybridized carbons (Fsp3) is 0.316. The number of anilines is 1. The Bertz CT molecular complexity index is 962. The van der Waals surface area contributed by atoms with Gasteiger partial charge in [0, 0.05) is 23.2 Å². The Labute approximate surface area is 172 Å². The molecule has 0 atom stereocenters. The molecule has 0 heterocycles. The third-order valence-corrected chi connectivity index (χ3v) is 6.62. The van der Waals surface area contributed by atoms with Crippen LogP contribution in [-0.4, -0.2) is 38.3 Å². The van der Waals surface area contributed by atoms with Crippen molar-refractivity contribution in [2.75, 3.05) is 25.0 Å². The number of aryl methyl sites for hydroxylation is 1. The number of ether oxygens (including phenoxy) is 1. The molecule has 152 valence electrons. The molecule has 9 heteroatoms. The van der Waals surface area contributed by atoms with Crippen molar-refractivity contribution in [2.45, 2.75) is 25.7 Å². The zero-order valence-electron chi connectivity index (χ0n) is 15.8. The summed E-state index contributed by atoms with van der Waals surface area (Å²) in [5, 5.41) is 2.62. The molecule has 0 aliphatic rings. The maximum absolute atomic E-state index is 13.8. The van der Waals surface area contributed by atoms with Gasteiger partial charge in [0.1, 0.15) is 0 Å². The number of sulfonamides is 1. The summed E-state index contributed by atoms with van der Waals surface area (Å²) in [7, 11) is -3.64. The van der Waals surface area contributed by atoms with Crippen molar-refractivity contribution in [3.05, 3.63) is 52.3 Å². The molecular formula is C19H22BrFN2O4S. The van der Waals surface area contributed by atoms with E-state index in [-0.39, 0.29) is 10.6 Å². The second kappa shape index (κ2) is 9.49. The standard InChI is InChI=1S/C19H22BrFN2O4S/c1-4-23(5-2)28(25,26)15-8-6-13(3)17(11-15)22-19(24)12-27-18-9-7-14(20)10-16(18)21/h6-11H,4-5,12H2,1-3H3,(H,22,24). The minimum Gasteiger partial charge on any atom is -0.481 e. The first-order chi connectivity index (χ1) is 13.2. The van der Waals surface area contributed by atoms with Gasteiger partial charge in [-0.05, 0) is 42.8 Å². The Morgan fingerprint density at radius 1 is 1.18 bits per heavy atom. The first-order valence-electron chi connectivity index (χ1n) is 8.67. The quantitative estimate of drug-likeness (QED) is 0.630. The molecule has 2 aromatic carbocycles. The highest BCUT2D eigenvalue weighted by molar-refractivity contribution is 9.10. The minimum atomic E-state index is -3.64. The van der Waals surface area contributed by atoms with Crippen molar-refractivity contribution in [3.63, 3.8) is 0 Å². The van der Waals surface area contributed by atoms with E-state index >= 15 is 0 Å². The molecule has 0 spiro atoms. The molecule has 0 unspecified atom stereocenters. The number of benzene rings is 2. The summed E-state index contributed by atoms with van der Waals surface area (Å²) >= 11 is 3.14. The second-order valence-electron chi connectivity index (χ2n) is 5.98. The summed E-state index contributed by atoms with van der Waals surface area (Å²) in [4.78, 5) is 12.3. The molecule has 1 amide bonds. The topological polar surface area (TPSA) is 75.7 Å². The third-order valence-electron chi connectivity index (χ3n) is 4.08. The molecule has 2 rings (SSSR count). The van der Waals surface area contributed by atoms with Crippen LogP contribution in [0, 0.1) is 12.7 Å². The highest BCUT2D eigenvalue weighted by Gasteiger charge is 2.22. The number of amides is 1. The van der Waals surface area contributed by atoms with Crippen molar-refractivity contribution in [2.24, 2.45) is 0 Å². The third kappa shape index (κ3) is 5.30. The summed E-state index contributed by atoms with van der Waals surface area (Å²) in [5.41, 5.74) is 1.06. The number of halogens is 2. The van der Waals surface area contributed by atoms with Gasteiger partial charge in [-0.1, -0.05) is 35.8 Å². The van der Waals surface area contributed by atoms with E-state index in [4.69, 9.17) is 4.74 Å². The smallest absolute Gasteiger partial charge is 0.262 e. The fourth-order valence-corrected chi connectivity index (χ4v) is 4.35. The van der Waals surface area contributed by atoms with Crippen LogP contribution in [0.15, 0.2) is 45.8 Å². The Morgan fingerprint density at radius 2 is 1.86 bits per heavy atom. The van der Waals surface area contributed by atoms with Crippen molar-refractivity contribution >= 4 is 37.5 Å². The summed E-state index contributed by atoms with van der Waals surface area (Å²) in [6.45, 7) is 5.55. The van der Waals surface area contributed by atoms with Crippen LogP contribution < -0.4 is 10.1 Å². The van der Waals surface area contributed by atoms with Crippen LogP contribution in [0.1, 0.15) is 19.4 Å². The van der Waals surface area contributed by atoms with E-state index in [1.807, 2.05) is 0 Å². The summed E-state index contributed by atoms with van der Waals surface area (Å²) < 4.78 is 46.2. The minimum absolute atomic E-state index is 0.0482. The van der Waals surface area contributed by atoms with Gasteiger partial charge in [-0.3, -0.25) is 4.79 Å². The summed E-state index contributed by atoms with van der Waals surface area (Å²) in [6.07, 6.45) is 0. The molecule has 0 radical (unpaired) electrons. The zero-order chi connectivity index (χ0) is 20.9. The normalized spacial score (nSPS) is 11.5. The van der Waals surface area contributed by atoms with Gasteiger partial charge >= 0.3 is 0 Å².